The quantitative estimate of drug-likeness (QED) is 0.427. The number of guanidine groups is 1. The fraction of sp³-hybridized carbons (Fsp3) is 0.450. The highest BCUT2D eigenvalue weighted by Gasteiger charge is 2.45. The number of rotatable bonds is 5. The van der Waals surface area contributed by atoms with Gasteiger partial charge in [0.1, 0.15) is 0 Å². The average Bonchev–Trinajstić information content (AvgIpc) is 3.25. The van der Waals surface area contributed by atoms with Crippen molar-refractivity contribution < 1.29 is 0 Å². The van der Waals surface area contributed by atoms with Crippen LogP contribution in [0.1, 0.15) is 29.7 Å². The number of hydrogen-bond acceptors (Lipinski definition) is 1. The van der Waals surface area contributed by atoms with Gasteiger partial charge in [-0.25, -0.2) is 0 Å². The van der Waals surface area contributed by atoms with E-state index in [9.17, 15) is 0 Å². The summed E-state index contributed by atoms with van der Waals surface area (Å²) >= 11 is 0. The molecule has 0 bridgehead atoms. The normalized spacial score (nSPS) is 15.4. The second-order valence-corrected chi connectivity index (χ2v) is 6.96. The Kier molecular flexibility index (Phi) is 6.54. The number of benzene rings is 1. The van der Waals surface area contributed by atoms with Gasteiger partial charge in [-0.05, 0) is 43.0 Å². The van der Waals surface area contributed by atoms with Gasteiger partial charge in [-0.3, -0.25) is 4.99 Å². The summed E-state index contributed by atoms with van der Waals surface area (Å²) in [7, 11) is 6.03. The molecule has 0 atom stereocenters. The third-order valence-corrected chi connectivity index (χ3v) is 5.18. The van der Waals surface area contributed by atoms with Crippen LogP contribution in [-0.4, -0.2) is 36.1 Å². The fourth-order valence-electron chi connectivity index (χ4n) is 3.47. The molecular formula is C20H29IN4. The lowest BCUT2D eigenvalue weighted by molar-refractivity contribution is 0.456. The number of aliphatic imine (C=N–C) groups is 1. The van der Waals surface area contributed by atoms with Gasteiger partial charge in [0.2, 0.25) is 0 Å². The lowest BCUT2D eigenvalue weighted by Crippen LogP contribution is -2.42. The molecule has 0 saturated heterocycles. The van der Waals surface area contributed by atoms with Crippen LogP contribution in [0.5, 0.6) is 0 Å². The molecular weight excluding hydrogens is 423 g/mol. The van der Waals surface area contributed by atoms with Crippen LogP contribution in [0.4, 0.5) is 0 Å². The summed E-state index contributed by atoms with van der Waals surface area (Å²) < 4.78 is 2.15. The first-order chi connectivity index (χ1) is 11.6. The molecule has 4 nitrogen and oxygen atoms in total. The predicted molar refractivity (Wildman–Crippen MR) is 116 cm³/mol. The van der Waals surface area contributed by atoms with Crippen molar-refractivity contribution in [3.63, 3.8) is 0 Å². The minimum absolute atomic E-state index is 0. The Balaban J connectivity index is 0.00000225. The molecule has 25 heavy (non-hydrogen) atoms. The van der Waals surface area contributed by atoms with E-state index in [1.807, 2.05) is 7.05 Å². The van der Waals surface area contributed by atoms with Gasteiger partial charge in [0.05, 0.1) is 6.54 Å². The van der Waals surface area contributed by atoms with Crippen molar-refractivity contribution in [2.24, 2.45) is 12.0 Å². The first-order valence-corrected chi connectivity index (χ1v) is 8.64. The number of hydrogen-bond donors (Lipinski definition) is 1. The highest BCUT2D eigenvalue weighted by atomic mass is 127. The molecule has 1 aliphatic carbocycles. The first-order valence-electron chi connectivity index (χ1n) is 8.64. The average molecular weight is 452 g/mol. The van der Waals surface area contributed by atoms with Crippen LogP contribution in [0.3, 0.4) is 0 Å². The van der Waals surface area contributed by atoms with Crippen LogP contribution in [-0.2, 0) is 19.0 Å². The smallest absolute Gasteiger partial charge is 0.193 e. The van der Waals surface area contributed by atoms with Crippen LogP contribution in [0.15, 0.2) is 47.6 Å². The summed E-state index contributed by atoms with van der Waals surface area (Å²) in [4.78, 5) is 6.65. The largest absolute Gasteiger partial charge is 0.355 e. The van der Waals surface area contributed by atoms with E-state index in [0.717, 1.165) is 19.0 Å². The van der Waals surface area contributed by atoms with Crippen LogP contribution in [0.25, 0.3) is 0 Å². The van der Waals surface area contributed by atoms with Crippen LogP contribution in [0.2, 0.25) is 0 Å². The highest BCUT2D eigenvalue weighted by molar-refractivity contribution is 14.0. The summed E-state index contributed by atoms with van der Waals surface area (Å²) in [6.07, 6.45) is 4.59. The van der Waals surface area contributed by atoms with E-state index in [4.69, 9.17) is 0 Å². The number of nitrogens with zero attached hydrogens (tertiary/aromatic N) is 3. The van der Waals surface area contributed by atoms with Crippen molar-refractivity contribution in [1.29, 1.82) is 0 Å². The lowest BCUT2D eigenvalue weighted by atomic mass is 9.92. The molecule has 1 aliphatic rings. The summed E-state index contributed by atoms with van der Waals surface area (Å²) in [5.41, 5.74) is 4.44. The standard InChI is InChI=1S/C20H28N4.HI/c1-16-8-5-6-10-18(16)20(11-12-20)15-22-19(21-2)24(4)14-17-9-7-13-23(17)3;/h5-10,13H,11-12,14-15H2,1-4H3,(H,21,22);1H. The zero-order chi connectivity index (χ0) is 17.2. The molecule has 3 rings (SSSR count). The summed E-state index contributed by atoms with van der Waals surface area (Å²) in [5.74, 6) is 0.955. The first kappa shape index (κ1) is 19.8. The molecule has 0 radical (unpaired) electrons. The monoisotopic (exact) mass is 452 g/mol. The van der Waals surface area contributed by atoms with Gasteiger partial charge in [0.25, 0.3) is 0 Å². The molecule has 1 aromatic heterocycles. The lowest BCUT2D eigenvalue weighted by Gasteiger charge is -2.25. The van der Waals surface area contributed by atoms with Gasteiger partial charge in [0, 0.05) is 45.0 Å². The van der Waals surface area contributed by atoms with Crippen LogP contribution >= 0.6 is 24.0 Å². The molecule has 1 saturated carbocycles. The van der Waals surface area contributed by atoms with Gasteiger partial charge in [-0.15, -0.1) is 24.0 Å². The van der Waals surface area contributed by atoms with E-state index in [0.29, 0.717) is 0 Å². The maximum atomic E-state index is 4.47. The summed E-state index contributed by atoms with van der Waals surface area (Å²) in [6.45, 7) is 4.01. The van der Waals surface area contributed by atoms with E-state index in [1.165, 1.54) is 29.7 Å². The molecule has 0 amide bonds. The molecule has 1 fully saturated rings. The minimum atomic E-state index is 0. The van der Waals surface area contributed by atoms with Crippen LogP contribution in [0, 0.1) is 6.92 Å². The predicted octanol–water partition coefficient (Wildman–Crippen LogP) is 3.69. The molecule has 136 valence electrons. The number of aromatic nitrogens is 1. The van der Waals surface area contributed by atoms with Crippen molar-refractivity contribution >= 4 is 29.9 Å². The van der Waals surface area contributed by atoms with Crippen molar-refractivity contribution in [3.8, 4) is 0 Å². The Labute approximate surface area is 168 Å². The number of nitrogens with one attached hydrogen (secondary N) is 1. The fourth-order valence-corrected chi connectivity index (χ4v) is 3.47. The van der Waals surface area contributed by atoms with Crippen molar-refractivity contribution in [2.75, 3.05) is 20.6 Å². The Morgan fingerprint density at radius 3 is 2.52 bits per heavy atom. The Hall–Kier alpha value is -1.50. The zero-order valence-corrected chi connectivity index (χ0v) is 18.0. The van der Waals surface area contributed by atoms with Gasteiger partial charge in [0.15, 0.2) is 5.96 Å². The third kappa shape index (κ3) is 4.37. The van der Waals surface area contributed by atoms with Gasteiger partial charge >= 0.3 is 0 Å². The molecule has 1 aromatic carbocycles. The van der Waals surface area contributed by atoms with Gasteiger partial charge in [-0.2, -0.15) is 0 Å². The SMILES string of the molecule is CN=C(NCC1(c2ccccc2C)CC1)N(C)Cc1cccn1C.I. The highest BCUT2D eigenvalue weighted by Crippen LogP contribution is 2.48. The molecule has 2 aromatic rings. The Bertz CT molecular complexity index is 731. The Morgan fingerprint density at radius 2 is 1.96 bits per heavy atom. The van der Waals surface area contributed by atoms with E-state index >= 15 is 0 Å². The topological polar surface area (TPSA) is 32.6 Å². The van der Waals surface area contributed by atoms with E-state index in [2.05, 4.69) is 83.4 Å². The van der Waals surface area contributed by atoms with E-state index < -0.39 is 0 Å². The molecule has 1 N–H and O–H groups in total. The molecule has 5 heteroatoms. The van der Waals surface area contributed by atoms with Crippen molar-refractivity contribution in [2.45, 2.75) is 31.7 Å². The second-order valence-electron chi connectivity index (χ2n) is 6.96. The van der Waals surface area contributed by atoms with E-state index in [-0.39, 0.29) is 29.4 Å². The van der Waals surface area contributed by atoms with Crippen molar-refractivity contribution in [3.05, 3.63) is 59.4 Å². The van der Waals surface area contributed by atoms with Gasteiger partial charge in [-0.1, -0.05) is 24.3 Å². The van der Waals surface area contributed by atoms with Gasteiger partial charge < -0.3 is 14.8 Å². The molecule has 0 aliphatic heterocycles. The second kappa shape index (κ2) is 8.25. The number of halogens is 1. The number of aryl methyl sites for hydroxylation is 2. The maximum absolute atomic E-state index is 4.47. The Morgan fingerprint density at radius 1 is 1.24 bits per heavy atom. The van der Waals surface area contributed by atoms with E-state index in [1.54, 1.807) is 0 Å². The molecule has 0 unspecified atom stereocenters. The van der Waals surface area contributed by atoms with Crippen LogP contribution < -0.4 is 5.32 Å². The molecule has 1 heterocycles. The van der Waals surface area contributed by atoms with Crippen molar-refractivity contribution in [1.82, 2.24) is 14.8 Å². The zero-order valence-electron chi connectivity index (χ0n) is 15.6. The summed E-state index contributed by atoms with van der Waals surface area (Å²) in [6, 6.07) is 13.0. The summed E-state index contributed by atoms with van der Waals surface area (Å²) in [5, 5.41) is 3.60. The third-order valence-electron chi connectivity index (χ3n) is 5.18. The molecule has 0 spiro atoms. The minimum Gasteiger partial charge on any atom is -0.355 e. The maximum Gasteiger partial charge on any atom is 0.193 e.